The molecule has 0 spiro atoms. The van der Waals surface area contributed by atoms with E-state index in [1.54, 1.807) is 6.07 Å². The minimum Gasteiger partial charge on any atom is -0.494 e. The van der Waals surface area contributed by atoms with E-state index < -0.39 is 30.5 Å². The van der Waals surface area contributed by atoms with E-state index in [4.69, 9.17) is 9.47 Å². The molecule has 1 aliphatic rings. The minimum atomic E-state index is -1.45. The van der Waals surface area contributed by atoms with Gasteiger partial charge in [0.15, 0.2) is 6.29 Å². The first-order valence-corrected chi connectivity index (χ1v) is 8.99. The third kappa shape index (κ3) is 4.36. The monoisotopic (exact) mass is 372 g/mol. The average molecular weight is 372 g/mol. The van der Waals surface area contributed by atoms with Crippen molar-refractivity contribution in [3.8, 4) is 5.75 Å². The average Bonchev–Trinajstić information content (AvgIpc) is 2.68. The molecule has 2 aromatic rings. The van der Waals surface area contributed by atoms with Gasteiger partial charge in [0.2, 0.25) is 0 Å². The summed E-state index contributed by atoms with van der Waals surface area (Å²) in [5.74, 6) is 0.821. The summed E-state index contributed by atoms with van der Waals surface area (Å²) < 4.78 is 11.0. The van der Waals surface area contributed by atoms with Crippen molar-refractivity contribution in [2.24, 2.45) is 0 Å². The zero-order chi connectivity index (χ0) is 19.4. The molecule has 1 heterocycles. The molecule has 6 heteroatoms. The normalized spacial score (nSPS) is 27.9. The third-order valence-corrected chi connectivity index (χ3v) is 4.71. The quantitative estimate of drug-likeness (QED) is 0.664. The highest BCUT2D eigenvalue weighted by Crippen LogP contribution is 2.32. The number of aldehydes is 1. The van der Waals surface area contributed by atoms with Crippen molar-refractivity contribution in [2.75, 3.05) is 6.61 Å². The summed E-state index contributed by atoms with van der Waals surface area (Å²) in [4.78, 5) is 11.1. The minimum absolute atomic E-state index is 0.441. The fraction of sp³-hybridized carbons (Fsp3) is 0.381. The molecule has 0 bridgehead atoms. The van der Waals surface area contributed by atoms with Crippen molar-refractivity contribution in [3.05, 3.63) is 65.2 Å². The van der Waals surface area contributed by atoms with E-state index in [1.165, 1.54) is 0 Å². The van der Waals surface area contributed by atoms with Crippen molar-refractivity contribution in [1.82, 2.24) is 0 Å². The van der Waals surface area contributed by atoms with E-state index in [0.29, 0.717) is 24.9 Å². The summed E-state index contributed by atoms with van der Waals surface area (Å²) in [6, 6.07) is 15.3. The zero-order valence-corrected chi connectivity index (χ0v) is 15.1. The van der Waals surface area contributed by atoms with Crippen LogP contribution in [0.5, 0.6) is 5.75 Å². The molecule has 1 fully saturated rings. The number of rotatable bonds is 6. The van der Waals surface area contributed by atoms with E-state index in [-0.39, 0.29) is 0 Å². The van der Waals surface area contributed by atoms with E-state index in [0.717, 1.165) is 16.9 Å². The summed E-state index contributed by atoms with van der Waals surface area (Å²) >= 11 is 0. The molecular formula is C21H24O6. The molecule has 0 aromatic heterocycles. The molecular weight excluding hydrogens is 348 g/mol. The molecule has 27 heavy (non-hydrogen) atoms. The van der Waals surface area contributed by atoms with Crippen LogP contribution in [-0.2, 0) is 16.0 Å². The Hall–Kier alpha value is -2.25. The van der Waals surface area contributed by atoms with E-state index in [2.05, 4.69) is 0 Å². The van der Waals surface area contributed by atoms with Gasteiger partial charge < -0.3 is 29.6 Å². The third-order valence-electron chi connectivity index (χ3n) is 4.71. The van der Waals surface area contributed by atoms with Gasteiger partial charge in [0.25, 0.3) is 0 Å². The van der Waals surface area contributed by atoms with Gasteiger partial charge in [-0.1, -0.05) is 36.4 Å². The largest absolute Gasteiger partial charge is 0.494 e. The lowest BCUT2D eigenvalue weighted by molar-refractivity contribution is -0.217. The Morgan fingerprint density at radius 3 is 2.41 bits per heavy atom. The highest BCUT2D eigenvalue weighted by molar-refractivity contribution is 5.58. The Morgan fingerprint density at radius 2 is 1.74 bits per heavy atom. The molecule has 2 aromatic carbocycles. The van der Waals surface area contributed by atoms with Crippen LogP contribution in [-0.4, -0.2) is 52.6 Å². The summed E-state index contributed by atoms with van der Waals surface area (Å²) in [6.07, 6.45) is -5.17. The molecule has 1 saturated heterocycles. The van der Waals surface area contributed by atoms with E-state index in [9.17, 15) is 20.1 Å². The van der Waals surface area contributed by atoms with Crippen LogP contribution in [0.15, 0.2) is 48.5 Å². The number of carbonyl (C=O) groups is 1. The van der Waals surface area contributed by atoms with Crippen LogP contribution in [0.3, 0.4) is 0 Å². The Kier molecular flexibility index (Phi) is 6.23. The Morgan fingerprint density at radius 1 is 1.00 bits per heavy atom. The zero-order valence-electron chi connectivity index (χ0n) is 15.1. The number of carbonyl (C=O) groups excluding carboxylic acids is 1. The maximum Gasteiger partial charge on any atom is 0.151 e. The molecule has 5 unspecified atom stereocenters. The second kappa shape index (κ2) is 8.63. The van der Waals surface area contributed by atoms with Crippen LogP contribution in [0.4, 0.5) is 0 Å². The smallest absolute Gasteiger partial charge is 0.151 e. The van der Waals surface area contributed by atoms with Gasteiger partial charge >= 0.3 is 0 Å². The molecule has 0 amide bonds. The number of benzene rings is 2. The standard InChI is InChI=1S/C21H24O6/c1-2-26-16-8-6-13(7-9-16)10-14-4-3-5-15(11-14)21-20(25)19(24)18(23)17(12-22)27-21/h3-9,11-12,17-21,23-25H,2,10H2,1H3. The van der Waals surface area contributed by atoms with Crippen molar-refractivity contribution >= 4 is 6.29 Å². The van der Waals surface area contributed by atoms with Crippen molar-refractivity contribution in [1.29, 1.82) is 0 Å². The van der Waals surface area contributed by atoms with Gasteiger partial charge in [0, 0.05) is 0 Å². The Balaban J connectivity index is 1.77. The first-order chi connectivity index (χ1) is 13.0. The first kappa shape index (κ1) is 19.5. The van der Waals surface area contributed by atoms with Crippen LogP contribution in [0, 0.1) is 0 Å². The van der Waals surface area contributed by atoms with Crippen LogP contribution >= 0.6 is 0 Å². The highest BCUT2D eigenvalue weighted by Gasteiger charge is 2.44. The molecule has 0 saturated carbocycles. The van der Waals surface area contributed by atoms with Crippen molar-refractivity contribution in [3.63, 3.8) is 0 Å². The molecule has 3 N–H and O–H groups in total. The lowest BCUT2D eigenvalue weighted by Gasteiger charge is -2.38. The Labute approximate surface area is 158 Å². The fourth-order valence-electron chi connectivity index (χ4n) is 3.28. The topological polar surface area (TPSA) is 96.2 Å². The van der Waals surface area contributed by atoms with Gasteiger partial charge in [-0.25, -0.2) is 0 Å². The second-order valence-corrected chi connectivity index (χ2v) is 6.63. The van der Waals surface area contributed by atoms with Crippen LogP contribution in [0.1, 0.15) is 29.7 Å². The summed E-state index contributed by atoms with van der Waals surface area (Å²) in [5, 5.41) is 30.1. The Bertz CT molecular complexity index is 760. The lowest BCUT2D eigenvalue weighted by Crippen LogP contribution is -2.54. The molecule has 3 rings (SSSR count). The fourth-order valence-corrected chi connectivity index (χ4v) is 3.28. The summed E-state index contributed by atoms with van der Waals surface area (Å²) in [7, 11) is 0. The van der Waals surface area contributed by atoms with Gasteiger partial charge in [-0.05, 0) is 42.2 Å². The number of aliphatic hydroxyl groups is 3. The number of aliphatic hydroxyl groups excluding tert-OH is 3. The van der Waals surface area contributed by atoms with Gasteiger partial charge in [0.05, 0.1) is 6.61 Å². The molecule has 0 aliphatic carbocycles. The van der Waals surface area contributed by atoms with E-state index >= 15 is 0 Å². The maximum atomic E-state index is 11.1. The number of ether oxygens (including phenoxy) is 2. The predicted octanol–water partition coefficient (Wildman–Crippen LogP) is 1.40. The molecule has 0 radical (unpaired) electrons. The van der Waals surface area contributed by atoms with Crippen LogP contribution in [0.2, 0.25) is 0 Å². The molecule has 6 nitrogen and oxygen atoms in total. The number of hydrogen-bond donors (Lipinski definition) is 3. The van der Waals surface area contributed by atoms with Crippen LogP contribution in [0.25, 0.3) is 0 Å². The number of hydrogen-bond acceptors (Lipinski definition) is 6. The summed E-state index contributed by atoms with van der Waals surface area (Å²) in [5.41, 5.74) is 2.74. The van der Waals surface area contributed by atoms with Crippen molar-refractivity contribution in [2.45, 2.75) is 43.9 Å². The highest BCUT2D eigenvalue weighted by atomic mass is 16.5. The van der Waals surface area contributed by atoms with Crippen LogP contribution < -0.4 is 4.74 Å². The second-order valence-electron chi connectivity index (χ2n) is 6.63. The SMILES string of the molecule is CCOc1ccc(Cc2cccc(C3OC(C=O)C(O)C(O)C3O)c2)cc1. The van der Waals surface area contributed by atoms with E-state index in [1.807, 2.05) is 49.4 Å². The van der Waals surface area contributed by atoms with Gasteiger partial charge in [-0.15, -0.1) is 0 Å². The molecule has 1 aliphatic heterocycles. The van der Waals surface area contributed by atoms with Crippen molar-refractivity contribution < 1.29 is 29.6 Å². The maximum absolute atomic E-state index is 11.1. The first-order valence-electron chi connectivity index (χ1n) is 8.99. The lowest BCUT2D eigenvalue weighted by atomic mass is 9.90. The molecule has 5 atom stereocenters. The summed E-state index contributed by atoms with van der Waals surface area (Å²) in [6.45, 7) is 2.56. The predicted molar refractivity (Wildman–Crippen MR) is 98.6 cm³/mol. The molecule has 144 valence electrons. The van der Waals surface area contributed by atoms with Gasteiger partial charge in [-0.2, -0.15) is 0 Å². The van der Waals surface area contributed by atoms with Gasteiger partial charge in [0.1, 0.15) is 36.3 Å². The van der Waals surface area contributed by atoms with Gasteiger partial charge in [-0.3, -0.25) is 0 Å².